The van der Waals surface area contributed by atoms with Gasteiger partial charge in [0.2, 0.25) is 0 Å². The predicted molar refractivity (Wildman–Crippen MR) is 83.4 cm³/mol. The molecular weight excluding hydrogens is 350 g/mol. The number of benzene rings is 1. The molecule has 3 nitrogen and oxygen atoms in total. The summed E-state index contributed by atoms with van der Waals surface area (Å²) in [6, 6.07) is 7.12. The van der Waals surface area contributed by atoms with E-state index in [-0.39, 0.29) is 30.1 Å². The standard InChI is InChI=1S/C13H18BrNO2S.ClH/c14-11-3-7-13(8-4-11)18(16,17)9-10-1-5-12(15)6-2-10;/h3-4,7-8,10,12H,1-2,5-6,9,15H2;1H. The Balaban J connectivity index is 0.00000180. The lowest BCUT2D eigenvalue weighted by Crippen LogP contribution is -2.29. The molecule has 1 aliphatic rings. The van der Waals surface area contributed by atoms with Gasteiger partial charge in [0, 0.05) is 10.5 Å². The fourth-order valence-electron chi connectivity index (χ4n) is 2.40. The molecule has 0 saturated heterocycles. The van der Waals surface area contributed by atoms with Crippen LogP contribution in [0.2, 0.25) is 0 Å². The van der Waals surface area contributed by atoms with Crippen LogP contribution in [-0.2, 0) is 9.84 Å². The fraction of sp³-hybridized carbons (Fsp3) is 0.538. The maximum Gasteiger partial charge on any atom is 0.178 e. The second-order valence-corrected chi connectivity index (χ2v) is 7.97. The minimum Gasteiger partial charge on any atom is -0.328 e. The van der Waals surface area contributed by atoms with Crippen molar-refractivity contribution >= 4 is 38.2 Å². The van der Waals surface area contributed by atoms with E-state index < -0.39 is 9.84 Å². The molecule has 6 heteroatoms. The van der Waals surface area contributed by atoms with E-state index in [4.69, 9.17) is 5.73 Å². The number of halogens is 2. The molecule has 1 aliphatic carbocycles. The minimum absolute atomic E-state index is 0. The van der Waals surface area contributed by atoms with E-state index >= 15 is 0 Å². The molecule has 0 atom stereocenters. The molecule has 1 aromatic carbocycles. The Hall–Kier alpha value is -0.100. The largest absolute Gasteiger partial charge is 0.328 e. The molecule has 0 unspecified atom stereocenters. The van der Waals surface area contributed by atoms with Gasteiger partial charge in [0.05, 0.1) is 10.6 Å². The summed E-state index contributed by atoms with van der Waals surface area (Å²) in [6.45, 7) is 0. The summed E-state index contributed by atoms with van der Waals surface area (Å²) >= 11 is 3.31. The van der Waals surface area contributed by atoms with E-state index in [1.165, 1.54) is 0 Å². The molecular formula is C13H19BrClNO2S. The topological polar surface area (TPSA) is 60.2 Å². The van der Waals surface area contributed by atoms with Crippen LogP contribution in [-0.4, -0.2) is 20.2 Å². The van der Waals surface area contributed by atoms with Crippen LogP contribution in [0.1, 0.15) is 25.7 Å². The third-order valence-electron chi connectivity index (χ3n) is 3.52. The lowest BCUT2D eigenvalue weighted by Gasteiger charge is -2.25. The van der Waals surface area contributed by atoms with Gasteiger partial charge in [0.1, 0.15) is 0 Å². The van der Waals surface area contributed by atoms with Gasteiger partial charge in [0.25, 0.3) is 0 Å². The highest BCUT2D eigenvalue weighted by Crippen LogP contribution is 2.27. The van der Waals surface area contributed by atoms with Gasteiger partial charge in [-0.05, 0) is 55.9 Å². The van der Waals surface area contributed by atoms with Crippen molar-refractivity contribution in [3.05, 3.63) is 28.7 Å². The van der Waals surface area contributed by atoms with E-state index in [9.17, 15) is 8.42 Å². The molecule has 0 radical (unpaired) electrons. The third kappa shape index (κ3) is 4.74. The first kappa shape index (κ1) is 17.0. The van der Waals surface area contributed by atoms with Crippen molar-refractivity contribution < 1.29 is 8.42 Å². The predicted octanol–water partition coefficient (Wildman–Crippen LogP) is 3.16. The van der Waals surface area contributed by atoms with Crippen LogP contribution in [0.4, 0.5) is 0 Å². The third-order valence-corrected chi connectivity index (χ3v) is 5.95. The zero-order valence-electron chi connectivity index (χ0n) is 10.6. The minimum atomic E-state index is -3.16. The summed E-state index contributed by atoms with van der Waals surface area (Å²) in [6.07, 6.45) is 3.74. The first-order chi connectivity index (χ1) is 8.47. The molecule has 108 valence electrons. The summed E-state index contributed by atoms with van der Waals surface area (Å²) in [5.41, 5.74) is 5.83. The van der Waals surface area contributed by atoms with E-state index in [2.05, 4.69) is 15.9 Å². The second-order valence-electron chi connectivity index (χ2n) is 5.02. The van der Waals surface area contributed by atoms with Crippen molar-refractivity contribution in [2.75, 3.05) is 5.75 Å². The van der Waals surface area contributed by atoms with Crippen molar-refractivity contribution in [3.63, 3.8) is 0 Å². The molecule has 0 spiro atoms. The van der Waals surface area contributed by atoms with Crippen LogP contribution in [0.25, 0.3) is 0 Å². The lowest BCUT2D eigenvalue weighted by molar-refractivity contribution is 0.348. The molecule has 0 bridgehead atoms. The Morgan fingerprint density at radius 2 is 1.63 bits per heavy atom. The first-order valence-corrected chi connectivity index (χ1v) is 8.66. The zero-order chi connectivity index (χ0) is 13.2. The molecule has 0 amide bonds. The van der Waals surface area contributed by atoms with E-state index in [1.54, 1.807) is 24.3 Å². The Bertz CT molecular complexity index is 496. The fourth-order valence-corrected chi connectivity index (χ4v) is 4.36. The van der Waals surface area contributed by atoms with Crippen molar-refractivity contribution in [1.82, 2.24) is 0 Å². The summed E-state index contributed by atoms with van der Waals surface area (Å²) in [4.78, 5) is 0.417. The van der Waals surface area contributed by atoms with Crippen LogP contribution < -0.4 is 5.73 Å². The molecule has 0 aliphatic heterocycles. The Morgan fingerprint density at radius 3 is 2.16 bits per heavy atom. The monoisotopic (exact) mass is 367 g/mol. The highest BCUT2D eigenvalue weighted by Gasteiger charge is 2.25. The molecule has 2 rings (SSSR count). The quantitative estimate of drug-likeness (QED) is 0.891. The van der Waals surface area contributed by atoms with Crippen molar-refractivity contribution in [2.24, 2.45) is 11.7 Å². The van der Waals surface area contributed by atoms with Crippen LogP contribution >= 0.6 is 28.3 Å². The molecule has 1 saturated carbocycles. The molecule has 0 heterocycles. The first-order valence-electron chi connectivity index (χ1n) is 6.21. The highest BCUT2D eigenvalue weighted by atomic mass is 79.9. The van der Waals surface area contributed by atoms with Crippen molar-refractivity contribution in [2.45, 2.75) is 36.6 Å². The Kier molecular flexibility index (Phi) is 6.30. The molecule has 1 fully saturated rings. The van der Waals surface area contributed by atoms with Crippen LogP contribution in [0.15, 0.2) is 33.6 Å². The lowest BCUT2D eigenvalue weighted by atomic mass is 9.88. The van der Waals surface area contributed by atoms with Crippen LogP contribution in [0, 0.1) is 5.92 Å². The Morgan fingerprint density at radius 1 is 1.11 bits per heavy atom. The number of rotatable bonds is 3. The van der Waals surface area contributed by atoms with E-state index in [0.29, 0.717) is 4.90 Å². The summed E-state index contributed by atoms with van der Waals surface area (Å²) in [7, 11) is -3.16. The Labute approximate surface area is 129 Å². The van der Waals surface area contributed by atoms with E-state index in [0.717, 1.165) is 30.2 Å². The van der Waals surface area contributed by atoms with Crippen molar-refractivity contribution in [3.8, 4) is 0 Å². The van der Waals surface area contributed by atoms with Gasteiger partial charge in [-0.3, -0.25) is 0 Å². The van der Waals surface area contributed by atoms with Crippen molar-refractivity contribution in [1.29, 1.82) is 0 Å². The van der Waals surface area contributed by atoms with Crippen LogP contribution in [0.3, 0.4) is 0 Å². The summed E-state index contributed by atoms with van der Waals surface area (Å²) < 4.78 is 25.4. The van der Waals surface area contributed by atoms with Gasteiger partial charge in [-0.1, -0.05) is 15.9 Å². The van der Waals surface area contributed by atoms with Gasteiger partial charge < -0.3 is 5.73 Å². The second kappa shape index (κ2) is 7.07. The van der Waals surface area contributed by atoms with Crippen LogP contribution in [0.5, 0.6) is 0 Å². The average molecular weight is 369 g/mol. The number of hydrogen-bond donors (Lipinski definition) is 1. The maximum atomic E-state index is 12.2. The van der Waals surface area contributed by atoms with Gasteiger partial charge in [-0.2, -0.15) is 0 Å². The number of sulfone groups is 1. The van der Waals surface area contributed by atoms with Gasteiger partial charge >= 0.3 is 0 Å². The van der Waals surface area contributed by atoms with Gasteiger partial charge in [-0.25, -0.2) is 8.42 Å². The van der Waals surface area contributed by atoms with Gasteiger partial charge in [0.15, 0.2) is 9.84 Å². The normalized spacial score (nSPS) is 23.7. The smallest absolute Gasteiger partial charge is 0.178 e. The van der Waals surface area contributed by atoms with E-state index in [1.807, 2.05) is 0 Å². The highest BCUT2D eigenvalue weighted by molar-refractivity contribution is 9.10. The summed E-state index contributed by atoms with van der Waals surface area (Å²) in [5.74, 6) is 0.514. The van der Waals surface area contributed by atoms with Gasteiger partial charge in [-0.15, -0.1) is 12.4 Å². The molecule has 1 aromatic rings. The number of nitrogens with two attached hydrogens (primary N) is 1. The average Bonchev–Trinajstić information content (AvgIpc) is 2.32. The SMILES string of the molecule is Cl.NC1CCC(CS(=O)(=O)c2ccc(Br)cc2)CC1. The zero-order valence-corrected chi connectivity index (χ0v) is 13.8. The molecule has 19 heavy (non-hydrogen) atoms. The maximum absolute atomic E-state index is 12.2. The summed E-state index contributed by atoms with van der Waals surface area (Å²) in [5, 5.41) is 0. The number of hydrogen-bond acceptors (Lipinski definition) is 3. The molecule has 2 N–H and O–H groups in total. The molecule has 0 aromatic heterocycles.